The van der Waals surface area contributed by atoms with E-state index in [-0.39, 0.29) is 17.0 Å². The van der Waals surface area contributed by atoms with Gasteiger partial charge in [-0.25, -0.2) is 17.9 Å². The minimum Gasteiger partial charge on any atom is -0.478 e. The van der Waals surface area contributed by atoms with E-state index in [0.717, 1.165) is 28.1 Å². The predicted octanol–water partition coefficient (Wildman–Crippen LogP) is 4.81. The Morgan fingerprint density at radius 1 is 1.11 bits per heavy atom. The van der Waals surface area contributed by atoms with E-state index in [2.05, 4.69) is 4.72 Å². The van der Waals surface area contributed by atoms with Crippen molar-refractivity contribution in [2.75, 3.05) is 6.54 Å². The first-order chi connectivity index (χ1) is 16.4. The highest BCUT2D eigenvalue weighted by Gasteiger charge is 2.31. The second-order valence-corrected chi connectivity index (χ2v) is 11.4. The lowest BCUT2D eigenvalue weighted by atomic mass is 10.0. The number of carboxylic acid groups (broad SMARTS) is 1. The van der Waals surface area contributed by atoms with E-state index in [9.17, 15) is 31.5 Å². The third-order valence-corrected chi connectivity index (χ3v) is 8.50. The Labute approximate surface area is 205 Å². The smallest absolute Gasteiger partial charge is 0.416 e. The molecule has 186 valence electrons. The lowest BCUT2D eigenvalue weighted by molar-refractivity contribution is -0.137. The Balaban J connectivity index is 1.49. The summed E-state index contributed by atoms with van der Waals surface area (Å²) in [6, 6.07) is 11.4. The van der Waals surface area contributed by atoms with Gasteiger partial charge in [-0.05, 0) is 48.7 Å². The van der Waals surface area contributed by atoms with Gasteiger partial charge in [0.25, 0.3) is 0 Å². The summed E-state index contributed by atoms with van der Waals surface area (Å²) >= 11 is 1.25. The molecule has 6 nitrogen and oxygen atoms in total. The number of halogens is 3. The fourth-order valence-electron chi connectivity index (χ4n) is 4.04. The van der Waals surface area contributed by atoms with Crippen LogP contribution in [-0.2, 0) is 42.3 Å². The zero-order valence-electron chi connectivity index (χ0n) is 18.7. The number of carboxylic acids is 1. The molecule has 0 unspecified atom stereocenters. The number of aryl methyl sites for hydroxylation is 1. The molecule has 0 atom stereocenters. The van der Waals surface area contributed by atoms with Crippen LogP contribution in [0.5, 0.6) is 0 Å². The van der Waals surface area contributed by atoms with E-state index in [4.69, 9.17) is 0 Å². The summed E-state index contributed by atoms with van der Waals surface area (Å²) in [5.41, 5.74) is 1.76. The highest BCUT2D eigenvalue weighted by molar-refractivity contribution is 7.89. The normalized spacial score (nSPS) is 14.6. The fraction of sp³-hybridized carbons (Fsp3) is 0.292. The zero-order chi connectivity index (χ0) is 25.4. The molecule has 2 aromatic carbocycles. The molecule has 11 heteroatoms. The number of carbonyl (C=O) groups is 1. The summed E-state index contributed by atoms with van der Waals surface area (Å²) < 4.78 is 66.2. The molecule has 1 aliphatic rings. The Hall–Kier alpha value is -2.73. The van der Waals surface area contributed by atoms with Crippen molar-refractivity contribution in [3.05, 3.63) is 86.1 Å². The van der Waals surface area contributed by atoms with Gasteiger partial charge in [0.05, 0.1) is 16.0 Å². The number of alkyl halides is 3. The maximum absolute atomic E-state index is 12.8. The second kappa shape index (κ2) is 9.73. The summed E-state index contributed by atoms with van der Waals surface area (Å²) in [6.45, 7) is 3.10. The van der Waals surface area contributed by atoms with Crippen molar-refractivity contribution in [3.8, 4) is 0 Å². The summed E-state index contributed by atoms with van der Waals surface area (Å²) in [7, 11) is -3.81. The Morgan fingerprint density at radius 2 is 1.77 bits per heavy atom. The summed E-state index contributed by atoms with van der Waals surface area (Å²) in [6.07, 6.45) is -3.93. The van der Waals surface area contributed by atoms with Crippen molar-refractivity contribution in [1.29, 1.82) is 0 Å². The molecule has 0 radical (unpaired) electrons. The SMILES string of the molecule is Cc1ccc(S(=O)(=O)NCc2sc3c(c2C(=O)O)CCN(Cc2ccc(C(F)(F)F)cc2)C3)cc1. The molecule has 2 N–H and O–H groups in total. The number of rotatable bonds is 7. The fourth-order valence-corrected chi connectivity index (χ4v) is 6.46. The number of hydrogen-bond donors (Lipinski definition) is 2. The average Bonchev–Trinajstić information content (AvgIpc) is 3.16. The van der Waals surface area contributed by atoms with Gasteiger partial charge in [-0.2, -0.15) is 13.2 Å². The van der Waals surface area contributed by atoms with Crippen LogP contribution in [0.4, 0.5) is 13.2 Å². The molecule has 0 spiro atoms. The lowest BCUT2D eigenvalue weighted by Gasteiger charge is -2.27. The number of sulfonamides is 1. The standard InChI is InChI=1S/C24H23F3N2O4S2/c1-15-2-8-18(9-3-15)35(32,33)28-12-20-22(23(30)31)19-10-11-29(14-21(19)34-20)13-16-4-6-17(7-5-16)24(25,26)27/h2-9,28H,10-14H2,1H3,(H,30,31). The number of thiophene rings is 1. The van der Waals surface area contributed by atoms with Gasteiger partial charge >= 0.3 is 12.1 Å². The average molecular weight is 525 g/mol. The molecule has 0 saturated carbocycles. The molecule has 4 rings (SSSR count). The van der Waals surface area contributed by atoms with Gasteiger partial charge < -0.3 is 5.11 Å². The number of nitrogens with zero attached hydrogens (tertiary/aromatic N) is 1. The molecule has 0 amide bonds. The molecule has 0 bridgehead atoms. The topological polar surface area (TPSA) is 86.7 Å². The third kappa shape index (κ3) is 5.75. The van der Waals surface area contributed by atoms with Gasteiger partial charge in [-0.3, -0.25) is 4.90 Å². The number of aromatic carboxylic acids is 1. The number of fused-ring (bicyclic) bond motifs is 1. The first-order valence-electron chi connectivity index (χ1n) is 10.8. The maximum Gasteiger partial charge on any atom is 0.416 e. The molecule has 35 heavy (non-hydrogen) atoms. The van der Waals surface area contributed by atoms with Crippen molar-refractivity contribution in [3.63, 3.8) is 0 Å². The largest absolute Gasteiger partial charge is 0.478 e. The molecular weight excluding hydrogens is 501 g/mol. The van der Waals surface area contributed by atoms with E-state index >= 15 is 0 Å². The van der Waals surface area contributed by atoms with Gasteiger partial charge in [-0.15, -0.1) is 11.3 Å². The number of benzene rings is 2. The maximum atomic E-state index is 12.8. The van der Waals surface area contributed by atoms with Crippen molar-refractivity contribution < 1.29 is 31.5 Å². The van der Waals surface area contributed by atoms with Gasteiger partial charge in [-0.1, -0.05) is 29.8 Å². The van der Waals surface area contributed by atoms with Crippen LogP contribution in [-0.4, -0.2) is 30.9 Å². The van der Waals surface area contributed by atoms with Crippen molar-refractivity contribution in [2.45, 2.75) is 44.1 Å². The van der Waals surface area contributed by atoms with Gasteiger partial charge in [0.15, 0.2) is 0 Å². The number of nitrogens with one attached hydrogen (secondary N) is 1. The molecule has 2 heterocycles. The molecule has 1 aliphatic heterocycles. The van der Waals surface area contributed by atoms with E-state index in [1.54, 1.807) is 12.1 Å². The molecular formula is C24H23F3N2O4S2. The van der Waals surface area contributed by atoms with E-state index < -0.39 is 27.7 Å². The van der Waals surface area contributed by atoms with E-state index in [1.807, 2.05) is 11.8 Å². The Bertz CT molecular complexity index is 1330. The summed E-state index contributed by atoms with van der Waals surface area (Å²) in [5, 5.41) is 9.80. The van der Waals surface area contributed by atoms with Crippen LogP contribution in [0.3, 0.4) is 0 Å². The van der Waals surface area contributed by atoms with Crippen molar-refractivity contribution >= 4 is 27.3 Å². The predicted molar refractivity (Wildman–Crippen MR) is 126 cm³/mol. The van der Waals surface area contributed by atoms with Crippen molar-refractivity contribution in [2.24, 2.45) is 0 Å². The molecule has 1 aromatic heterocycles. The summed E-state index contributed by atoms with van der Waals surface area (Å²) in [4.78, 5) is 15.4. The third-order valence-electron chi connectivity index (χ3n) is 5.86. The first kappa shape index (κ1) is 25.4. The second-order valence-electron chi connectivity index (χ2n) is 8.40. The minimum absolute atomic E-state index is 0.101. The first-order valence-corrected chi connectivity index (χ1v) is 13.1. The molecule has 0 saturated heterocycles. The van der Waals surface area contributed by atoms with Crippen LogP contribution in [0.25, 0.3) is 0 Å². The highest BCUT2D eigenvalue weighted by atomic mass is 32.2. The van der Waals surface area contributed by atoms with Crippen LogP contribution in [0, 0.1) is 6.92 Å². The van der Waals surface area contributed by atoms with E-state index in [0.29, 0.717) is 36.5 Å². The lowest BCUT2D eigenvalue weighted by Crippen LogP contribution is -2.29. The number of hydrogen-bond acceptors (Lipinski definition) is 5. The Kier molecular flexibility index (Phi) is 7.05. The van der Waals surface area contributed by atoms with Crippen LogP contribution in [0.1, 0.15) is 42.4 Å². The van der Waals surface area contributed by atoms with Crippen molar-refractivity contribution in [1.82, 2.24) is 9.62 Å². The quantitative estimate of drug-likeness (QED) is 0.463. The Morgan fingerprint density at radius 3 is 2.37 bits per heavy atom. The monoisotopic (exact) mass is 524 g/mol. The van der Waals surface area contributed by atoms with E-state index in [1.165, 1.54) is 35.6 Å². The van der Waals surface area contributed by atoms with Crippen LogP contribution >= 0.6 is 11.3 Å². The minimum atomic E-state index is -4.39. The van der Waals surface area contributed by atoms with Gasteiger partial charge in [0.2, 0.25) is 10.0 Å². The molecule has 3 aromatic rings. The van der Waals surface area contributed by atoms with Gasteiger partial charge in [0, 0.05) is 35.9 Å². The van der Waals surface area contributed by atoms with Crippen LogP contribution in [0.2, 0.25) is 0 Å². The molecule has 0 fully saturated rings. The van der Waals surface area contributed by atoms with Crippen LogP contribution < -0.4 is 4.72 Å². The zero-order valence-corrected chi connectivity index (χ0v) is 20.4. The van der Waals surface area contributed by atoms with Gasteiger partial charge in [0.1, 0.15) is 0 Å². The molecule has 0 aliphatic carbocycles. The highest BCUT2D eigenvalue weighted by Crippen LogP contribution is 2.34. The van der Waals surface area contributed by atoms with Crippen LogP contribution in [0.15, 0.2) is 53.4 Å². The summed E-state index contributed by atoms with van der Waals surface area (Å²) in [5.74, 6) is -1.11.